The van der Waals surface area contributed by atoms with Gasteiger partial charge in [0.15, 0.2) is 23.6 Å². The molecule has 220 valence electrons. The van der Waals surface area contributed by atoms with Crippen LogP contribution in [0.15, 0.2) is 42.6 Å². The Kier molecular flexibility index (Phi) is 8.93. The minimum Gasteiger partial charge on any atom is -0.394 e. The number of carbonyl (C=O) groups excluding carboxylic acids is 1. The van der Waals surface area contributed by atoms with Crippen LogP contribution in [0, 0.1) is 21.0 Å². The van der Waals surface area contributed by atoms with Gasteiger partial charge in [0.1, 0.15) is 36.2 Å². The summed E-state index contributed by atoms with van der Waals surface area (Å²) < 4.78 is 60.1. The Hall–Kier alpha value is -2.67. The average molecular weight is 690 g/mol. The summed E-state index contributed by atoms with van der Waals surface area (Å²) in [4.78, 5) is 15.6. The highest BCUT2D eigenvalue weighted by atomic mass is 127. The summed E-state index contributed by atoms with van der Waals surface area (Å²) in [5.41, 5.74) is 0.294. The third-order valence-corrected chi connectivity index (χ3v) is 7.83. The van der Waals surface area contributed by atoms with Crippen molar-refractivity contribution < 1.29 is 47.5 Å². The van der Waals surface area contributed by atoms with Crippen molar-refractivity contribution in [3.8, 4) is 11.3 Å². The van der Waals surface area contributed by atoms with E-state index in [1.54, 1.807) is 18.2 Å². The van der Waals surface area contributed by atoms with Crippen molar-refractivity contribution in [2.45, 2.75) is 42.6 Å². The molecule has 3 heterocycles. The van der Waals surface area contributed by atoms with Crippen LogP contribution in [0.4, 0.5) is 18.9 Å². The number of aliphatic hydroxyl groups is 3. The van der Waals surface area contributed by atoms with E-state index in [2.05, 4.69) is 32.9 Å². The van der Waals surface area contributed by atoms with E-state index in [1.165, 1.54) is 18.2 Å². The molecule has 5 rings (SSSR count). The minimum absolute atomic E-state index is 0.0184. The summed E-state index contributed by atoms with van der Waals surface area (Å²) in [5, 5.41) is 39.7. The molecular formula is C26H26F3IN4O7. The Labute approximate surface area is 245 Å². The van der Waals surface area contributed by atoms with Gasteiger partial charge in [-0.25, -0.2) is 17.9 Å². The fraction of sp³-hybridized carbons (Fsp3) is 0.423. The van der Waals surface area contributed by atoms with Gasteiger partial charge in [-0.1, -0.05) is 11.3 Å². The Balaban J connectivity index is 1.53. The first-order valence-electron chi connectivity index (χ1n) is 12.5. The molecular weight excluding hydrogens is 664 g/mol. The lowest BCUT2D eigenvalue weighted by atomic mass is 9.91. The first-order chi connectivity index (χ1) is 19.6. The highest BCUT2D eigenvalue weighted by Gasteiger charge is 2.52. The lowest BCUT2D eigenvalue weighted by Gasteiger charge is -2.45. The molecule has 3 N–H and O–H groups in total. The van der Waals surface area contributed by atoms with Crippen LogP contribution in [0.25, 0.3) is 11.3 Å². The van der Waals surface area contributed by atoms with Crippen LogP contribution < -0.4 is 4.90 Å². The molecule has 0 saturated carbocycles. The van der Waals surface area contributed by atoms with E-state index in [4.69, 9.17) is 14.2 Å². The second-order valence-corrected chi connectivity index (χ2v) is 10.9. The molecule has 0 unspecified atom stereocenters. The standard InChI is InChI=1S/C26H26F3IN4O7/c1-39-24-22(33-8-17(31-32-33)12-5-15(27)21(29)16(28)6-12)23(37)20(9-35)41-25(24)26(38)34(18-10-40-11-19(18)36)14-4-2-3-13(30)7-14/h2-8,18-20,22-25,35-37H,9-11H2,1H3/t18-,19-,20+,22-,23-,24+,25+/m0/s1. The fourth-order valence-electron chi connectivity index (χ4n) is 5.14. The maximum atomic E-state index is 14.2. The summed E-state index contributed by atoms with van der Waals surface area (Å²) in [5.74, 6) is -5.11. The van der Waals surface area contributed by atoms with Gasteiger partial charge in [0, 0.05) is 21.9 Å². The molecule has 0 spiro atoms. The van der Waals surface area contributed by atoms with Gasteiger partial charge in [0.2, 0.25) is 0 Å². The third-order valence-electron chi connectivity index (χ3n) is 7.15. The van der Waals surface area contributed by atoms with E-state index in [0.717, 1.165) is 20.4 Å². The fourth-order valence-corrected chi connectivity index (χ4v) is 5.67. The van der Waals surface area contributed by atoms with Crippen molar-refractivity contribution in [2.75, 3.05) is 31.8 Å². The second-order valence-electron chi connectivity index (χ2n) is 9.66. The number of methoxy groups -OCH3 is 1. The molecule has 2 aromatic carbocycles. The smallest absolute Gasteiger partial charge is 0.259 e. The molecule has 15 heteroatoms. The molecule has 2 aliphatic heterocycles. The van der Waals surface area contributed by atoms with Crippen molar-refractivity contribution in [3.63, 3.8) is 0 Å². The summed E-state index contributed by atoms with van der Waals surface area (Å²) >= 11 is 2.09. The molecule has 0 radical (unpaired) electrons. The zero-order valence-corrected chi connectivity index (χ0v) is 23.6. The van der Waals surface area contributed by atoms with Crippen molar-refractivity contribution >= 4 is 34.2 Å². The second kappa shape index (κ2) is 12.3. The molecule has 2 aliphatic rings. The number of aromatic nitrogens is 3. The Morgan fingerprint density at radius 2 is 1.93 bits per heavy atom. The molecule has 7 atom stereocenters. The zero-order valence-electron chi connectivity index (χ0n) is 21.5. The number of hydrogen-bond acceptors (Lipinski definition) is 9. The Bertz CT molecular complexity index is 1390. The van der Waals surface area contributed by atoms with Gasteiger partial charge < -0.3 is 34.4 Å². The van der Waals surface area contributed by atoms with Gasteiger partial charge in [-0.05, 0) is 52.9 Å². The summed E-state index contributed by atoms with van der Waals surface area (Å²) in [7, 11) is 1.29. The van der Waals surface area contributed by atoms with Crippen LogP contribution in [-0.4, -0.2) is 99.7 Å². The normalized spacial score (nSPS) is 28.1. The first-order valence-corrected chi connectivity index (χ1v) is 13.6. The largest absolute Gasteiger partial charge is 0.394 e. The Morgan fingerprint density at radius 3 is 2.54 bits per heavy atom. The predicted octanol–water partition coefficient (Wildman–Crippen LogP) is 1.44. The predicted molar refractivity (Wildman–Crippen MR) is 144 cm³/mol. The van der Waals surface area contributed by atoms with Crippen LogP contribution in [-0.2, 0) is 19.0 Å². The van der Waals surface area contributed by atoms with Crippen molar-refractivity contribution in [1.29, 1.82) is 0 Å². The molecule has 0 bridgehead atoms. The molecule has 3 aromatic rings. The number of hydrogen-bond donors (Lipinski definition) is 3. The van der Waals surface area contributed by atoms with Gasteiger partial charge in [0.25, 0.3) is 5.91 Å². The van der Waals surface area contributed by atoms with Crippen molar-refractivity contribution in [3.05, 3.63) is 63.6 Å². The quantitative estimate of drug-likeness (QED) is 0.249. The van der Waals surface area contributed by atoms with Crippen LogP contribution in [0.5, 0.6) is 0 Å². The maximum Gasteiger partial charge on any atom is 0.259 e. The molecule has 41 heavy (non-hydrogen) atoms. The zero-order chi connectivity index (χ0) is 29.4. The molecule has 11 nitrogen and oxygen atoms in total. The molecule has 1 aromatic heterocycles. The monoisotopic (exact) mass is 690 g/mol. The van der Waals surface area contributed by atoms with E-state index in [9.17, 15) is 33.3 Å². The van der Waals surface area contributed by atoms with E-state index >= 15 is 0 Å². The minimum atomic E-state index is -1.64. The van der Waals surface area contributed by atoms with Gasteiger partial charge in [-0.3, -0.25) is 4.79 Å². The number of ether oxygens (including phenoxy) is 3. The van der Waals surface area contributed by atoms with Gasteiger partial charge in [-0.2, -0.15) is 0 Å². The van der Waals surface area contributed by atoms with Gasteiger partial charge >= 0.3 is 0 Å². The molecule has 1 amide bonds. The highest BCUT2D eigenvalue weighted by molar-refractivity contribution is 14.1. The van der Waals surface area contributed by atoms with Crippen molar-refractivity contribution in [1.82, 2.24) is 15.0 Å². The average Bonchev–Trinajstić information content (AvgIpc) is 3.61. The number of aliphatic hydroxyl groups excluding tert-OH is 3. The van der Waals surface area contributed by atoms with E-state index in [0.29, 0.717) is 5.69 Å². The van der Waals surface area contributed by atoms with Crippen molar-refractivity contribution in [2.24, 2.45) is 0 Å². The number of carbonyl (C=O) groups is 1. The lowest BCUT2D eigenvalue weighted by molar-refractivity contribution is -0.211. The molecule has 0 aliphatic carbocycles. The Morgan fingerprint density at radius 1 is 1.20 bits per heavy atom. The number of halogens is 4. The van der Waals surface area contributed by atoms with Gasteiger partial charge in [-0.15, -0.1) is 5.10 Å². The van der Waals surface area contributed by atoms with E-state index in [1.807, 2.05) is 6.07 Å². The summed E-state index contributed by atoms with van der Waals surface area (Å²) in [6, 6.07) is 6.58. The number of amides is 1. The lowest BCUT2D eigenvalue weighted by Crippen LogP contribution is -2.63. The number of rotatable bonds is 7. The van der Waals surface area contributed by atoms with Gasteiger partial charge in [0.05, 0.1) is 32.1 Å². The van der Waals surface area contributed by atoms with E-state index < -0.39 is 72.6 Å². The van der Waals surface area contributed by atoms with Crippen LogP contribution in [0.1, 0.15) is 6.04 Å². The number of benzene rings is 2. The summed E-state index contributed by atoms with van der Waals surface area (Å²) in [6.45, 7) is -0.605. The van der Waals surface area contributed by atoms with Crippen LogP contribution in [0.2, 0.25) is 0 Å². The third kappa shape index (κ3) is 5.71. The van der Waals surface area contributed by atoms with Crippen LogP contribution in [0.3, 0.4) is 0 Å². The summed E-state index contributed by atoms with van der Waals surface area (Å²) in [6.07, 6.45) is -5.09. The first kappa shape index (κ1) is 29.8. The number of anilines is 1. The highest BCUT2D eigenvalue weighted by Crippen LogP contribution is 2.35. The topological polar surface area (TPSA) is 139 Å². The van der Waals surface area contributed by atoms with Crippen LogP contribution >= 0.6 is 22.6 Å². The van der Waals surface area contributed by atoms with E-state index in [-0.39, 0.29) is 24.5 Å². The maximum absolute atomic E-state index is 14.2. The molecule has 2 saturated heterocycles. The SMILES string of the molecule is CO[C@@H]1[C@@H](n2cc(-c3cc(F)c(F)c(F)c3)nn2)[C@@H](O)[C@@H](CO)O[C@H]1C(=O)N(c1cccc(I)c1)[C@H]1COC[C@@H]1O. The number of nitrogens with zero attached hydrogens (tertiary/aromatic N) is 4. The molecule has 2 fully saturated rings.